The van der Waals surface area contributed by atoms with Crippen LogP contribution in [0.3, 0.4) is 0 Å². The molecule has 0 radical (unpaired) electrons. The lowest BCUT2D eigenvalue weighted by molar-refractivity contribution is -0.119. The summed E-state index contributed by atoms with van der Waals surface area (Å²) in [7, 11) is 0. The van der Waals surface area contributed by atoms with E-state index in [1.165, 1.54) is 23.7 Å². The van der Waals surface area contributed by atoms with E-state index in [1.54, 1.807) is 6.33 Å². The molecule has 5 nitrogen and oxygen atoms in total. The van der Waals surface area contributed by atoms with Crippen LogP contribution in [0, 0.1) is 5.92 Å². The summed E-state index contributed by atoms with van der Waals surface area (Å²) in [6.45, 7) is 10.9. The van der Waals surface area contributed by atoms with Crippen LogP contribution < -0.4 is 5.32 Å². The van der Waals surface area contributed by atoms with Crippen LogP contribution in [-0.4, -0.2) is 32.5 Å². The van der Waals surface area contributed by atoms with Gasteiger partial charge in [0.15, 0.2) is 5.16 Å². The van der Waals surface area contributed by atoms with E-state index >= 15 is 0 Å². The quantitative estimate of drug-likeness (QED) is 0.593. The molecule has 0 aliphatic carbocycles. The van der Waals surface area contributed by atoms with Crippen LogP contribution >= 0.6 is 11.8 Å². The van der Waals surface area contributed by atoms with Crippen molar-refractivity contribution in [1.82, 2.24) is 20.1 Å². The minimum Gasteiger partial charge on any atom is -0.353 e. The second-order valence-electron chi connectivity index (χ2n) is 7.81. The Morgan fingerprint density at radius 2 is 1.81 bits per heavy atom. The maximum atomic E-state index is 12.2. The molecule has 0 fully saturated rings. The molecule has 1 aromatic carbocycles. The lowest BCUT2D eigenvalue weighted by atomic mass is 10.0. The van der Waals surface area contributed by atoms with Crippen molar-refractivity contribution in [1.29, 1.82) is 0 Å². The fourth-order valence-corrected chi connectivity index (χ4v) is 3.61. The molecule has 148 valence electrons. The molecule has 1 heterocycles. The number of carbonyl (C=O) groups is 1. The van der Waals surface area contributed by atoms with E-state index < -0.39 is 0 Å². The van der Waals surface area contributed by atoms with E-state index in [0.717, 1.165) is 23.7 Å². The van der Waals surface area contributed by atoms with Crippen LogP contribution in [0.15, 0.2) is 35.7 Å². The third-order valence-corrected chi connectivity index (χ3v) is 5.46. The number of hydrogen-bond acceptors (Lipinski definition) is 4. The summed E-state index contributed by atoms with van der Waals surface area (Å²) in [4.78, 5) is 12.2. The number of hydrogen-bond donors (Lipinski definition) is 1. The van der Waals surface area contributed by atoms with Crippen LogP contribution in [0.1, 0.15) is 65.4 Å². The fraction of sp³-hybridized carbons (Fsp3) is 0.571. The van der Waals surface area contributed by atoms with Crippen molar-refractivity contribution < 1.29 is 4.79 Å². The number of rotatable bonds is 10. The maximum absolute atomic E-state index is 12.2. The topological polar surface area (TPSA) is 59.8 Å². The first-order valence-electron chi connectivity index (χ1n) is 9.79. The van der Waals surface area contributed by atoms with E-state index in [2.05, 4.69) is 74.4 Å². The zero-order valence-electron chi connectivity index (χ0n) is 17.1. The Balaban J connectivity index is 1.86. The summed E-state index contributed by atoms with van der Waals surface area (Å²) in [5.74, 6) is 1.60. The molecular formula is C21H32N4OS. The SMILES string of the molecule is CC(C)CCCC(C)NC(=O)CSc1nncn1-c1ccc(C(C)C)cc1. The van der Waals surface area contributed by atoms with Crippen molar-refractivity contribution in [2.75, 3.05) is 5.75 Å². The van der Waals surface area contributed by atoms with Gasteiger partial charge in [-0.1, -0.05) is 64.4 Å². The van der Waals surface area contributed by atoms with Gasteiger partial charge in [-0.15, -0.1) is 10.2 Å². The Hall–Kier alpha value is -1.82. The molecule has 1 atom stereocenters. The van der Waals surface area contributed by atoms with Crippen molar-refractivity contribution in [3.05, 3.63) is 36.2 Å². The lowest BCUT2D eigenvalue weighted by Gasteiger charge is -2.14. The number of nitrogens with one attached hydrogen (secondary N) is 1. The minimum absolute atomic E-state index is 0.0433. The number of nitrogens with zero attached hydrogens (tertiary/aromatic N) is 3. The molecule has 2 rings (SSSR count). The van der Waals surface area contributed by atoms with Gasteiger partial charge in [-0.25, -0.2) is 0 Å². The summed E-state index contributed by atoms with van der Waals surface area (Å²) < 4.78 is 1.92. The Labute approximate surface area is 167 Å². The van der Waals surface area contributed by atoms with Gasteiger partial charge in [0.05, 0.1) is 5.75 Å². The Morgan fingerprint density at radius 1 is 1.11 bits per heavy atom. The van der Waals surface area contributed by atoms with Crippen molar-refractivity contribution in [3.63, 3.8) is 0 Å². The lowest BCUT2D eigenvalue weighted by Crippen LogP contribution is -2.33. The summed E-state index contributed by atoms with van der Waals surface area (Å²) in [5, 5.41) is 12.0. The molecule has 0 saturated heterocycles. The Morgan fingerprint density at radius 3 is 2.44 bits per heavy atom. The molecule has 2 aromatic rings. The normalized spacial score (nSPS) is 12.6. The predicted molar refractivity (Wildman–Crippen MR) is 112 cm³/mol. The van der Waals surface area contributed by atoms with Gasteiger partial charge in [-0.3, -0.25) is 9.36 Å². The summed E-state index contributed by atoms with van der Waals surface area (Å²) in [6.07, 6.45) is 5.06. The molecular weight excluding hydrogens is 356 g/mol. The van der Waals surface area contributed by atoms with Gasteiger partial charge >= 0.3 is 0 Å². The second kappa shape index (κ2) is 10.5. The third-order valence-electron chi connectivity index (χ3n) is 4.51. The molecule has 1 N–H and O–H groups in total. The number of amides is 1. The van der Waals surface area contributed by atoms with Gasteiger partial charge in [0.2, 0.25) is 5.91 Å². The average molecular weight is 389 g/mol. The highest BCUT2D eigenvalue weighted by Crippen LogP contribution is 2.21. The average Bonchev–Trinajstić information content (AvgIpc) is 3.08. The molecule has 0 aliphatic heterocycles. The second-order valence-corrected chi connectivity index (χ2v) is 8.75. The summed E-state index contributed by atoms with van der Waals surface area (Å²) >= 11 is 1.42. The zero-order chi connectivity index (χ0) is 19.8. The molecule has 1 amide bonds. The van der Waals surface area contributed by atoms with E-state index in [-0.39, 0.29) is 11.9 Å². The van der Waals surface area contributed by atoms with Gasteiger partial charge < -0.3 is 5.32 Å². The number of aromatic nitrogens is 3. The molecule has 27 heavy (non-hydrogen) atoms. The first-order valence-corrected chi connectivity index (χ1v) is 10.8. The van der Waals surface area contributed by atoms with Gasteiger partial charge in [0.1, 0.15) is 6.33 Å². The number of thioether (sulfide) groups is 1. The van der Waals surface area contributed by atoms with Gasteiger partial charge in [-0.05, 0) is 42.9 Å². The standard InChI is InChI=1S/C21H32N4OS/c1-15(2)7-6-8-17(5)23-20(26)13-27-21-24-22-14-25(21)19-11-9-18(10-12-19)16(3)4/h9-12,14-17H,6-8,13H2,1-5H3,(H,23,26). The Kier molecular flexibility index (Phi) is 8.35. The molecule has 0 aliphatic rings. The third kappa shape index (κ3) is 7.01. The first kappa shape index (κ1) is 21.5. The van der Waals surface area contributed by atoms with Crippen molar-refractivity contribution in [2.24, 2.45) is 5.92 Å². The van der Waals surface area contributed by atoms with Crippen LogP contribution in [0.5, 0.6) is 0 Å². The summed E-state index contributed by atoms with van der Waals surface area (Å²) in [5.41, 5.74) is 2.31. The van der Waals surface area contributed by atoms with Crippen molar-refractivity contribution in [2.45, 2.75) is 71.0 Å². The molecule has 1 aromatic heterocycles. The monoisotopic (exact) mass is 388 g/mol. The van der Waals surface area contributed by atoms with Crippen molar-refractivity contribution in [3.8, 4) is 5.69 Å². The van der Waals surface area contributed by atoms with E-state index in [1.807, 2.05) is 4.57 Å². The minimum atomic E-state index is 0.0433. The van der Waals surface area contributed by atoms with Crippen LogP contribution in [0.2, 0.25) is 0 Å². The predicted octanol–water partition coefficient (Wildman–Crippen LogP) is 4.81. The van der Waals surface area contributed by atoms with Gasteiger partial charge in [0.25, 0.3) is 0 Å². The van der Waals surface area contributed by atoms with E-state index in [0.29, 0.717) is 17.6 Å². The highest BCUT2D eigenvalue weighted by Gasteiger charge is 2.12. The van der Waals surface area contributed by atoms with Gasteiger partial charge in [0, 0.05) is 11.7 Å². The van der Waals surface area contributed by atoms with Crippen molar-refractivity contribution >= 4 is 17.7 Å². The fourth-order valence-electron chi connectivity index (χ4n) is 2.87. The van der Waals surface area contributed by atoms with E-state index in [4.69, 9.17) is 0 Å². The Bertz CT molecular complexity index is 709. The first-order chi connectivity index (χ1) is 12.9. The molecule has 1 unspecified atom stereocenters. The maximum Gasteiger partial charge on any atom is 0.230 e. The highest BCUT2D eigenvalue weighted by atomic mass is 32.2. The van der Waals surface area contributed by atoms with Crippen LogP contribution in [0.4, 0.5) is 0 Å². The van der Waals surface area contributed by atoms with Gasteiger partial charge in [-0.2, -0.15) is 0 Å². The smallest absolute Gasteiger partial charge is 0.230 e. The zero-order valence-corrected chi connectivity index (χ0v) is 17.9. The molecule has 6 heteroatoms. The number of carbonyl (C=O) groups excluding carboxylic acids is 1. The summed E-state index contributed by atoms with van der Waals surface area (Å²) in [6, 6.07) is 8.59. The van der Waals surface area contributed by atoms with Crippen LogP contribution in [0.25, 0.3) is 5.69 Å². The largest absolute Gasteiger partial charge is 0.353 e. The molecule has 0 spiro atoms. The molecule has 0 saturated carbocycles. The van der Waals surface area contributed by atoms with E-state index in [9.17, 15) is 4.79 Å². The molecule has 0 bridgehead atoms. The highest BCUT2D eigenvalue weighted by molar-refractivity contribution is 7.99. The van der Waals surface area contributed by atoms with Crippen LogP contribution in [-0.2, 0) is 4.79 Å². The number of benzene rings is 1.